The molecule has 0 aromatic heterocycles. The van der Waals surface area contributed by atoms with Gasteiger partial charge in [-0.25, -0.2) is 4.79 Å². The molecule has 1 aromatic carbocycles. The number of amides is 2. The van der Waals surface area contributed by atoms with Gasteiger partial charge in [0, 0.05) is 18.2 Å². The second-order valence-corrected chi connectivity index (χ2v) is 5.65. The summed E-state index contributed by atoms with van der Waals surface area (Å²) in [4.78, 5) is 13.6. The van der Waals surface area contributed by atoms with E-state index >= 15 is 0 Å². The Balaban J connectivity index is 1.82. The van der Waals surface area contributed by atoms with Crippen LogP contribution in [0.4, 0.5) is 4.79 Å². The van der Waals surface area contributed by atoms with Crippen molar-refractivity contribution in [3.8, 4) is 5.75 Å². The quantitative estimate of drug-likeness (QED) is 0.511. The number of rotatable bonds is 3. The van der Waals surface area contributed by atoms with E-state index in [-0.39, 0.29) is 18.8 Å². The van der Waals surface area contributed by atoms with Crippen LogP contribution >= 0.6 is 0 Å². The molecule has 2 aliphatic rings. The fourth-order valence-corrected chi connectivity index (χ4v) is 2.81. The van der Waals surface area contributed by atoms with E-state index in [1.54, 1.807) is 18.2 Å². The van der Waals surface area contributed by atoms with Gasteiger partial charge < -0.3 is 31.1 Å². The Bertz CT molecular complexity index is 637. The molecule has 1 saturated heterocycles. The highest BCUT2D eigenvalue weighted by Gasteiger charge is 2.42. The molecule has 23 heavy (non-hydrogen) atoms. The predicted molar refractivity (Wildman–Crippen MR) is 79.9 cm³/mol. The number of hydrogen-bond acceptors (Lipinski definition) is 6. The van der Waals surface area contributed by atoms with Crippen LogP contribution in [-0.2, 0) is 10.4 Å². The molecule has 1 unspecified atom stereocenters. The molecule has 2 heterocycles. The van der Waals surface area contributed by atoms with Gasteiger partial charge in [-0.15, -0.1) is 0 Å². The summed E-state index contributed by atoms with van der Waals surface area (Å²) in [6, 6.07) is 5.95. The first kappa shape index (κ1) is 15.8. The lowest BCUT2D eigenvalue weighted by atomic mass is 9.98. The third-order valence-electron chi connectivity index (χ3n) is 4.09. The third kappa shape index (κ3) is 2.77. The fourth-order valence-electron chi connectivity index (χ4n) is 2.81. The zero-order valence-electron chi connectivity index (χ0n) is 12.3. The monoisotopic (exact) mass is 321 g/mol. The smallest absolute Gasteiger partial charge is 0.325 e. The van der Waals surface area contributed by atoms with Crippen molar-refractivity contribution in [2.45, 2.75) is 30.5 Å². The number of aromatic hydroxyl groups is 1. The lowest BCUT2D eigenvalue weighted by Gasteiger charge is -2.37. The highest BCUT2D eigenvalue weighted by molar-refractivity contribution is 5.78. The number of ether oxygens (including phenoxy) is 1. The number of carbonyl (C=O) groups excluding carboxylic acids is 1. The SMILES string of the molecule is NC1(c2ccccc2O)C=CN([C@H]2C[C@H](O)[C@@H](CO)O2)C(=O)N1. The molecule has 124 valence electrons. The van der Waals surface area contributed by atoms with Crippen molar-refractivity contribution in [2.75, 3.05) is 6.61 Å². The number of carbonyl (C=O) groups is 1. The molecule has 4 atom stereocenters. The van der Waals surface area contributed by atoms with Crippen LogP contribution in [0.1, 0.15) is 12.0 Å². The number of aliphatic hydroxyl groups is 2. The number of phenols is 1. The fraction of sp³-hybridized carbons (Fsp3) is 0.400. The number of aliphatic hydroxyl groups excluding tert-OH is 2. The number of para-hydroxylation sites is 1. The van der Waals surface area contributed by atoms with Crippen molar-refractivity contribution < 1.29 is 24.9 Å². The summed E-state index contributed by atoms with van der Waals surface area (Å²) in [5.74, 6) is -0.0266. The molecule has 0 bridgehead atoms. The first-order chi connectivity index (χ1) is 10.9. The Labute approximate surface area is 132 Å². The maximum Gasteiger partial charge on any atom is 0.325 e. The molecule has 8 heteroatoms. The maximum absolute atomic E-state index is 12.4. The minimum absolute atomic E-state index is 0.0266. The maximum atomic E-state index is 12.4. The van der Waals surface area contributed by atoms with Crippen LogP contribution in [0.2, 0.25) is 0 Å². The number of hydrogen-bond donors (Lipinski definition) is 5. The first-order valence-corrected chi connectivity index (χ1v) is 7.26. The second kappa shape index (κ2) is 5.82. The molecule has 1 fully saturated rings. The Morgan fingerprint density at radius 2 is 2.17 bits per heavy atom. The van der Waals surface area contributed by atoms with Gasteiger partial charge in [-0.2, -0.15) is 0 Å². The average molecular weight is 321 g/mol. The summed E-state index contributed by atoms with van der Waals surface area (Å²) in [5.41, 5.74) is 5.20. The largest absolute Gasteiger partial charge is 0.508 e. The Morgan fingerprint density at radius 3 is 2.78 bits per heavy atom. The zero-order valence-corrected chi connectivity index (χ0v) is 12.3. The standard InChI is InChI=1S/C15H19N3O5/c16-15(9-3-1-2-4-10(9)20)5-6-18(14(22)17-15)13-7-11(21)12(8-19)23-13/h1-6,11-13,19-21H,7-8,16H2,(H,17,22)/t11-,12+,13+,15?/m0/s1. The number of urea groups is 1. The van der Waals surface area contributed by atoms with Crippen molar-refractivity contribution >= 4 is 6.03 Å². The van der Waals surface area contributed by atoms with E-state index in [2.05, 4.69) is 5.32 Å². The van der Waals surface area contributed by atoms with E-state index in [9.17, 15) is 15.0 Å². The van der Waals surface area contributed by atoms with Gasteiger partial charge in [0.2, 0.25) is 0 Å². The molecule has 0 aliphatic carbocycles. The van der Waals surface area contributed by atoms with Crippen LogP contribution in [0.15, 0.2) is 36.5 Å². The summed E-state index contributed by atoms with van der Waals surface area (Å²) in [6.45, 7) is -0.324. The van der Waals surface area contributed by atoms with Gasteiger partial charge in [-0.1, -0.05) is 18.2 Å². The number of phenolic OH excluding ortho intramolecular Hbond substituents is 1. The number of nitrogens with one attached hydrogen (secondary N) is 1. The van der Waals surface area contributed by atoms with Crippen LogP contribution in [0.5, 0.6) is 5.75 Å². The van der Waals surface area contributed by atoms with Gasteiger partial charge in [0.15, 0.2) is 0 Å². The molecule has 2 aliphatic heterocycles. The highest BCUT2D eigenvalue weighted by atomic mass is 16.5. The van der Waals surface area contributed by atoms with E-state index < -0.39 is 30.1 Å². The number of nitrogens with zero attached hydrogens (tertiary/aromatic N) is 1. The molecular formula is C15H19N3O5. The average Bonchev–Trinajstić information content (AvgIpc) is 2.88. The third-order valence-corrected chi connectivity index (χ3v) is 4.09. The van der Waals surface area contributed by atoms with Gasteiger partial charge in [-0.05, 0) is 12.1 Å². The van der Waals surface area contributed by atoms with Crippen LogP contribution in [0, 0.1) is 0 Å². The van der Waals surface area contributed by atoms with Gasteiger partial charge in [0.05, 0.1) is 12.7 Å². The molecule has 2 amide bonds. The Morgan fingerprint density at radius 1 is 1.43 bits per heavy atom. The van der Waals surface area contributed by atoms with Crippen LogP contribution in [-0.4, -0.2) is 51.3 Å². The summed E-state index contributed by atoms with van der Waals surface area (Å²) < 4.78 is 5.45. The molecule has 6 N–H and O–H groups in total. The molecule has 8 nitrogen and oxygen atoms in total. The molecular weight excluding hydrogens is 302 g/mol. The highest BCUT2D eigenvalue weighted by Crippen LogP contribution is 2.31. The van der Waals surface area contributed by atoms with Crippen LogP contribution in [0.25, 0.3) is 0 Å². The van der Waals surface area contributed by atoms with Crippen LogP contribution < -0.4 is 11.1 Å². The molecule has 0 radical (unpaired) electrons. The second-order valence-electron chi connectivity index (χ2n) is 5.65. The molecule has 0 spiro atoms. The van der Waals surface area contributed by atoms with Crippen molar-refractivity contribution in [1.82, 2.24) is 10.2 Å². The van der Waals surface area contributed by atoms with Gasteiger partial charge >= 0.3 is 6.03 Å². The lowest BCUT2D eigenvalue weighted by molar-refractivity contribution is -0.0549. The molecule has 0 saturated carbocycles. The van der Waals surface area contributed by atoms with E-state index in [1.165, 1.54) is 23.2 Å². The topological polar surface area (TPSA) is 128 Å². The Kier molecular flexibility index (Phi) is 3.99. The normalized spacial score (nSPS) is 33.8. The van der Waals surface area contributed by atoms with Crippen molar-refractivity contribution in [3.63, 3.8) is 0 Å². The lowest BCUT2D eigenvalue weighted by Crippen LogP contribution is -2.59. The van der Waals surface area contributed by atoms with E-state index in [1.807, 2.05) is 0 Å². The predicted octanol–water partition coefficient (Wildman–Crippen LogP) is -0.489. The first-order valence-electron chi connectivity index (χ1n) is 7.26. The van der Waals surface area contributed by atoms with Gasteiger partial charge in [-0.3, -0.25) is 4.90 Å². The summed E-state index contributed by atoms with van der Waals surface area (Å²) >= 11 is 0. The Hall–Kier alpha value is -2.13. The number of nitrogens with two attached hydrogens (primary N) is 1. The van der Waals surface area contributed by atoms with E-state index in [4.69, 9.17) is 15.6 Å². The minimum Gasteiger partial charge on any atom is -0.508 e. The van der Waals surface area contributed by atoms with Crippen molar-refractivity contribution in [3.05, 3.63) is 42.1 Å². The van der Waals surface area contributed by atoms with Gasteiger partial charge in [0.25, 0.3) is 0 Å². The number of benzene rings is 1. The minimum atomic E-state index is -1.34. The van der Waals surface area contributed by atoms with E-state index in [0.29, 0.717) is 5.56 Å². The van der Waals surface area contributed by atoms with E-state index in [0.717, 1.165) is 0 Å². The molecule has 3 rings (SSSR count). The van der Waals surface area contributed by atoms with Gasteiger partial charge in [0.1, 0.15) is 23.7 Å². The summed E-state index contributed by atoms with van der Waals surface area (Å²) in [5, 5.41) is 31.4. The molecule has 1 aromatic rings. The van der Waals surface area contributed by atoms with Crippen LogP contribution in [0.3, 0.4) is 0 Å². The zero-order chi connectivity index (χ0) is 16.6. The van der Waals surface area contributed by atoms with Crippen molar-refractivity contribution in [1.29, 1.82) is 0 Å². The summed E-state index contributed by atoms with van der Waals surface area (Å²) in [6.07, 6.45) is 0.940. The summed E-state index contributed by atoms with van der Waals surface area (Å²) in [7, 11) is 0. The van der Waals surface area contributed by atoms with Crippen molar-refractivity contribution in [2.24, 2.45) is 5.73 Å².